The summed E-state index contributed by atoms with van der Waals surface area (Å²) in [6.45, 7) is 3.87. The number of carbonyl (C=O) groups is 1. The van der Waals surface area contributed by atoms with E-state index in [-0.39, 0.29) is 17.9 Å². The number of carbonyl (C=O) groups excluding carboxylic acids is 1. The number of amides is 1. The number of hydrogen-bond acceptors (Lipinski definition) is 2. The summed E-state index contributed by atoms with van der Waals surface area (Å²) in [4.78, 5) is 14.8. The summed E-state index contributed by atoms with van der Waals surface area (Å²) in [5.41, 5.74) is 2.41. The second kappa shape index (κ2) is 7.04. The van der Waals surface area contributed by atoms with E-state index in [1.165, 1.54) is 24.0 Å². The monoisotopic (exact) mass is 315 g/mol. The number of piperidine rings is 1. The first-order chi connectivity index (χ1) is 11.1. The van der Waals surface area contributed by atoms with Gasteiger partial charge in [0.2, 0.25) is 5.91 Å². The topological polar surface area (TPSA) is 40.5 Å². The summed E-state index contributed by atoms with van der Waals surface area (Å²) in [5.74, 6) is 0.577. The van der Waals surface area contributed by atoms with Crippen LogP contribution in [0.25, 0.3) is 0 Å². The van der Waals surface area contributed by atoms with Crippen molar-refractivity contribution in [3.8, 4) is 0 Å². The molecule has 1 atom stereocenters. The Morgan fingerprint density at radius 3 is 2.70 bits per heavy atom. The van der Waals surface area contributed by atoms with Gasteiger partial charge < -0.3 is 10.0 Å². The molecule has 3 nitrogen and oxygen atoms in total. The Balaban J connectivity index is 1.73. The van der Waals surface area contributed by atoms with Crippen LogP contribution in [0.2, 0.25) is 0 Å². The van der Waals surface area contributed by atoms with E-state index in [1.54, 1.807) is 0 Å². The second-order valence-corrected chi connectivity index (χ2v) is 7.61. The molecule has 0 aromatic heterocycles. The maximum absolute atomic E-state index is 12.8. The molecule has 1 aliphatic carbocycles. The van der Waals surface area contributed by atoms with Crippen molar-refractivity contribution in [1.29, 1.82) is 0 Å². The van der Waals surface area contributed by atoms with Crippen LogP contribution in [0.15, 0.2) is 24.3 Å². The smallest absolute Gasteiger partial charge is 0.225 e. The highest BCUT2D eigenvalue weighted by atomic mass is 16.3. The van der Waals surface area contributed by atoms with Crippen molar-refractivity contribution in [3.63, 3.8) is 0 Å². The van der Waals surface area contributed by atoms with Crippen molar-refractivity contribution in [1.82, 2.24) is 4.90 Å². The van der Waals surface area contributed by atoms with E-state index in [0.29, 0.717) is 12.5 Å². The van der Waals surface area contributed by atoms with Gasteiger partial charge in [0.05, 0.1) is 6.61 Å². The molecule has 1 aromatic carbocycles. The molecule has 3 rings (SSSR count). The number of aliphatic hydroxyl groups is 1. The van der Waals surface area contributed by atoms with Gasteiger partial charge in [-0.05, 0) is 50.2 Å². The number of benzene rings is 1. The summed E-state index contributed by atoms with van der Waals surface area (Å²) in [5, 5.41) is 10.1. The Morgan fingerprint density at radius 1 is 1.26 bits per heavy atom. The van der Waals surface area contributed by atoms with Crippen molar-refractivity contribution in [2.75, 3.05) is 19.7 Å². The minimum absolute atomic E-state index is 0.162. The fourth-order valence-electron chi connectivity index (χ4n) is 4.37. The van der Waals surface area contributed by atoms with E-state index >= 15 is 0 Å². The molecule has 1 saturated carbocycles. The van der Waals surface area contributed by atoms with E-state index in [9.17, 15) is 9.90 Å². The zero-order chi connectivity index (χ0) is 16.3. The van der Waals surface area contributed by atoms with Crippen LogP contribution >= 0.6 is 0 Å². The number of aryl methyl sites for hydroxylation is 1. The molecule has 1 saturated heterocycles. The first kappa shape index (κ1) is 16.5. The molecular weight excluding hydrogens is 286 g/mol. The predicted octanol–water partition coefficient (Wildman–Crippen LogP) is 3.33. The van der Waals surface area contributed by atoms with Gasteiger partial charge >= 0.3 is 0 Å². The fraction of sp³-hybridized carbons (Fsp3) is 0.650. The summed E-state index contributed by atoms with van der Waals surface area (Å²) in [6, 6.07) is 8.41. The summed E-state index contributed by atoms with van der Waals surface area (Å²) < 4.78 is 0. The maximum atomic E-state index is 12.8. The number of likely N-dealkylation sites (tertiary alicyclic amines) is 1. The van der Waals surface area contributed by atoms with Crippen LogP contribution in [0.4, 0.5) is 0 Å². The standard InChI is InChI=1S/C20H29NO2/c1-16-7-2-3-10-18(16)13-20(15-22)11-6-12-21(14-20)19(23)17-8-4-5-9-17/h2-3,7,10,17,22H,4-6,8-9,11-15H2,1H3. The van der Waals surface area contributed by atoms with Crippen LogP contribution in [0.3, 0.4) is 0 Å². The van der Waals surface area contributed by atoms with E-state index < -0.39 is 0 Å². The van der Waals surface area contributed by atoms with E-state index in [4.69, 9.17) is 0 Å². The van der Waals surface area contributed by atoms with E-state index in [1.807, 2.05) is 4.90 Å². The average Bonchev–Trinajstić information content (AvgIpc) is 3.11. The van der Waals surface area contributed by atoms with E-state index in [0.717, 1.165) is 38.6 Å². The minimum Gasteiger partial charge on any atom is -0.396 e. The molecule has 1 aliphatic heterocycles. The quantitative estimate of drug-likeness (QED) is 0.926. The Morgan fingerprint density at radius 2 is 2.00 bits per heavy atom. The Bertz CT molecular complexity index is 550. The molecule has 1 heterocycles. The Hall–Kier alpha value is -1.35. The van der Waals surface area contributed by atoms with Crippen LogP contribution < -0.4 is 0 Å². The van der Waals surface area contributed by atoms with Gasteiger partial charge in [-0.2, -0.15) is 0 Å². The van der Waals surface area contributed by atoms with Gasteiger partial charge in [0.25, 0.3) is 0 Å². The van der Waals surface area contributed by atoms with Crippen molar-refractivity contribution in [3.05, 3.63) is 35.4 Å². The maximum Gasteiger partial charge on any atom is 0.225 e. The molecule has 1 N–H and O–H groups in total. The van der Waals surface area contributed by atoms with Crippen LogP contribution in [0.5, 0.6) is 0 Å². The lowest BCUT2D eigenvalue weighted by molar-refractivity contribution is -0.139. The summed E-state index contributed by atoms with van der Waals surface area (Å²) in [6.07, 6.45) is 7.37. The molecule has 1 unspecified atom stereocenters. The van der Waals surface area contributed by atoms with Crippen molar-refractivity contribution < 1.29 is 9.90 Å². The van der Waals surface area contributed by atoms with Gasteiger partial charge in [0, 0.05) is 24.4 Å². The van der Waals surface area contributed by atoms with Gasteiger partial charge in [-0.25, -0.2) is 0 Å². The third kappa shape index (κ3) is 3.60. The number of hydrogen-bond donors (Lipinski definition) is 1. The molecule has 0 radical (unpaired) electrons. The zero-order valence-corrected chi connectivity index (χ0v) is 14.3. The molecular formula is C20H29NO2. The largest absolute Gasteiger partial charge is 0.396 e. The highest BCUT2D eigenvalue weighted by Crippen LogP contribution is 2.36. The molecule has 1 aromatic rings. The Kier molecular flexibility index (Phi) is 5.05. The van der Waals surface area contributed by atoms with Gasteiger partial charge in [-0.3, -0.25) is 4.79 Å². The summed E-state index contributed by atoms with van der Waals surface area (Å²) in [7, 11) is 0. The van der Waals surface area contributed by atoms with Crippen LogP contribution in [-0.4, -0.2) is 35.6 Å². The van der Waals surface area contributed by atoms with Crippen molar-refractivity contribution in [2.24, 2.45) is 11.3 Å². The van der Waals surface area contributed by atoms with Gasteiger partial charge in [-0.1, -0.05) is 37.1 Å². The van der Waals surface area contributed by atoms with Crippen LogP contribution in [0, 0.1) is 18.3 Å². The van der Waals surface area contributed by atoms with Crippen molar-refractivity contribution >= 4 is 5.91 Å². The van der Waals surface area contributed by atoms with Crippen molar-refractivity contribution in [2.45, 2.75) is 51.9 Å². The second-order valence-electron chi connectivity index (χ2n) is 7.61. The molecule has 23 heavy (non-hydrogen) atoms. The number of aliphatic hydroxyl groups excluding tert-OH is 1. The molecule has 2 aliphatic rings. The SMILES string of the molecule is Cc1ccccc1CC1(CO)CCCN(C(=O)C2CCCC2)C1. The van der Waals surface area contributed by atoms with Gasteiger partial charge in [0.1, 0.15) is 0 Å². The predicted molar refractivity (Wildman–Crippen MR) is 92.2 cm³/mol. The first-order valence-corrected chi connectivity index (χ1v) is 9.08. The average molecular weight is 315 g/mol. The fourth-order valence-corrected chi connectivity index (χ4v) is 4.37. The molecule has 0 spiro atoms. The first-order valence-electron chi connectivity index (χ1n) is 9.08. The summed E-state index contributed by atoms with van der Waals surface area (Å²) >= 11 is 0. The zero-order valence-electron chi connectivity index (χ0n) is 14.3. The third-order valence-corrected chi connectivity index (χ3v) is 5.84. The molecule has 3 heteroatoms. The highest BCUT2D eigenvalue weighted by molar-refractivity contribution is 5.79. The molecule has 0 bridgehead atoms. The normalized spacial score (nSPS) is 25.7. The lowest BCUT2D eigenvalue weighted by Crippen LogP contribution is -2.50. The molecule has 1 amide bonds. The van der Waals surface area contributed by atoms with Gasteiger partial charge in [0.15, 0.2) is 0 Å². The third-order valence-electron chi connectivity index (χ3n) is 5.84. The molecule has 2 fully saturated rings. The number of nitrogens with zero attached hydrogens (tertiary/aromatic N) is 1. The highest BCUT2D eigenvalue weighted by Gasteiger charge is 2.39. The number of rotatable bonds is 4. The molecule has 126 valence electrons. The lowest BCUT2D eigenvalue weighted by atomic mass is 9.75. The minimum atomic E-state index is -0.168. The van der Waals surface area contributed by atoms with E-state index in [2.05, 4.69) is 31.2 Å². The van der Waals surface area contributed by atoms with Crippen LogP contribution in [-0.2, 0) is 11.2 Å². The lowest BCUT2D eigenvalue weighted by Gasteiger charge is -2.43. The van der Waals surface area contributed by atoms with Gasteiger partial charge in [-0.15, -0.1) is 0 Å². The van der Waals surface area contributed by atoms with Crippen LogP contribution in [0.1, 0.15) is 49.7 Å². The Labute approximate surface area is 139 Å².